The number of nitrogens with two attached hydrogens (primary N) is 1. The standard InChI is InChI=1S/C14H22ClN3/c1-17(2)13-6-8-18(10-13)14-9-12(15)4-3-11(14)5-7-16/h3-4,9,13H,5-8,10,16H2,1-2H3. The molecule has 2 rings (SSSR count). The van der Waals surface area contributed by atoms with Crippen LogP contribution in [-0.4, -0.2) is 44.7 Å². The summed E-state index contributed by atoms with van der Waals surface area (Å²) >= 11 is 6.13. The quantitative estimate of drug-likeness (QED) is 0.906. The highest BCUT2D eigenvalue weighted by Gasteiger charge is 2.25. The minimum absolute atomic E-state index is 0.634. The highest BCUT2D eigenvalue weighted by Crippen LogP contribution is 2.29. The van der Waals surface area contributed by atoms with E-state index in [-0.39, 0.29) is 0 Å². The lowest BCUT2D eigenvalue weighted by atomic mass is 10.1. The van der Waals surface area contributed by atoms with Gasteiger partial charge in [0.2, 0.25) is 0 Å². The van der Waals surface area contributed by atoms with Crippen molar-refractivity contribution in [3.05, 3.63) is 28.8 Å². The minimum Gasteiger partial charge on any atom is -0.370 e. The first kappa shape index (κ1) is 13.7. The molecule has 1 saturated heterocycles. The molecule has 0 amide bonds. The molecule has 0 aromatic heterocycles. The Morgan fingerprint density at radius 2 is 2.22 bits per heavy atom. The van der Waals surface area contributed by atoms with E-state index in [4.69, 9.17) is 17.3 Å². The van der Waals surface area contributed by atoms with Crippen LogP contribution in [0.2, 0.25) is 5.02 Å². The number of benzene rings is 1. The van der Waals surface area contributed by atoms with Crippen molar-refractivity contribution in [3.63, 3.8) is 0 Å². The van der Waals surface area contributed by atoms with Crippen LogP contribution in [0.25, 0.3) is 0 Å². The van der Waals surface area contributed by atoms with Crippen LogP contribution in [0.15, 0.2) is 18.2 Å². The van der Waals surface area contributed by atoms with Crippen LogP contribution in [0.4, 0.5) is 5.69 Å². The third kappa shape index (κ3) is 2.97. The molecule has 1 unspecified atom stereocenters. The van der Waals surface area contributed by atoms with Gasteiger partial charge in [0.1, 0.15) is 0 Å². The largest absolute Gasteiger partial charge is 0.370 e. The predicted octanol–water partition coefficient (Wildman–Crippen LogP) is 1.98. The lowest BCUT2D eigenvalue weighted by molar-refractivity contribution is 0.315. The number of likely N-dealkylation sites (N-methyl/N-ethyl adjacent to an activating group) is 1. The van der Waals surface area contributed by atoms with Crippen LogP contribution in [0.5, 0.6) is 0 Å². The maximum Gasteiger partial charge on any atom is 0.0426 e. The molecule has 1 aliphatic rings. The highest BCUT2D eigenvalue weighted by molar-refractivity contribution is 6.30. The molecule has 1 fully saturated rings. The summed E-state index contributed by atoms with van der Waals surface area (Å²) in [5, 5.41) is 0.805. The number of hydrogen-bond acceptors (Lipinski definition) is 3. The Bertz CT molecular complexity index is 406. The van der Waals surface area contributed by atoms with Gasteiger partial charge in [-0.2, -0.15) is 0 Å². The van der Waals surface area contributed by atoms with Crippen LogP contribution in [-0.2, 0) is 6.42 Å². The van der Waals surface area contributed by atoms with E-state index in [1.165, 1.54) is 17.7 Å². The molecule has 0 bridgehead atoms. The summed E-state index contributed by atoms with van der Waals surface area (Å²) < 4.78 is 0. The van der Waals surface area contributed by atoms with Crippen molar-refractivity contribution >= 4 is 17.3 Å². The van der Waals surface area contributed by atoms with Gasteiger partial charge >= 0.3 is 0 Å². The molecule has 0 spiro atoms. The van der Waals surface area contributed by atoms with Crippen molar-refractivity contribution in [2.75, 3.05) is 38.6 Å². The zero-order valence-corrected chi connectivity index (χ0v) is 12.0. The van der Waals surface area contributed by atoms with Gasteiger partial charge in [-0.05, 0) is 51.2 Å². The van der Waals surface area contributed by atoms with Gasteiger partial charge in [-0.15, -0.1) is 0 Å². The van der Waals surface area contributed by atoms with Crippen molar-refractivity contribution in [1.82, 2.24) is 4.90 Å². The van der Waals surface area contributed by atoms with Crippen molar-refractivity contribution in [2.45, 2.75) is 18.9 Å². The average Bonchev–Trinajstić information content (AvgIpc) is 2.81. The van der Waals surface area contributed by atoms with E-state index in [0.29, 0.717) is 12.6 Å². The van der Waals surface area contributed by atoms with Gasteiger partial charge in [-0.25, -0.2) is 0 Å². The molecule has 0 aliphatic carbocycles. The van der Waals surface area contributed by atoms with Gasteiger partial charge in [-0.3, -0.25) is 0 Å². The van der Waals surface area contributed by atoms with E-state index in [0.717, 1.165) is 24.5 Å². The van der Waals surface area contributed by atoms with Gasteiger partial charge < -0.3 is 15.5 Å². The number of hydrogen-bond donors (Lipinski definition) is 1. The second kappa shape index (κ2) is 5.91. The Labute approximate surface area is 115 Å². The molecule has 1 atom stereocenters. The first-order chi connectivity index (χ1) is 8.61. The van der Waals surface area contributed by atoms with Crippen LogP contribution < -0.4 is 10.6 Å². The molecule has 2 N–H and O–H groups in total. The SMILES string of the molecule is CN(C)C1CCN(c2cc(Cl)ccc2CCN)C1. The van der Waals surface area contributed by atoms with Gasteiger partial charge in [0.05, 0.1) is 0 Å². The number of nitrogens with zero attached hydrogens (tertiary/aromatic N) is 2. The Kier molecular flexibility index (Phi) is 4.49. The van der Waals surface area contributed by atoms with Crippen molar-refractivity contribution in [3.8, 4) is 0 Å². The smallest absolute Gasteiger partial charge is 0.0426 e. The van der Waals surface area contributed by atoms with Gasteiger partial charge in [0, 0.05) is 29.8 Å². The average molecular weight is 268 g/mol. The fourth-order valence-electron chi connectivity index (χ4n) is 2.58. The molecule has 18 heavy (non-hydrogen) atoms. The first-order valence-electron chi connectivity index (χ1n) is 6.51. The Morgan fingerprint density at radius 3 is 2.83 bits per heavy atom. The molecule has 0 radical (unpaired) electrons. The molecule has 1 aromatic rings. The monoisotopic (exact) mass is 267 g/mol. The van der Waals surface area contributed by atoms with Crippen molar-refractivity contribution < 1.29 is 0 Å². The highest BCUT2D eigenvalue weighted by atomic mass is 35.5. The van der Waals surface area contributed by atoms with Crippen LogP contribution in [0.3, 0.4) is 0 Å². The normalized spacial score (nSPS) is 19.8. The van der Waals surface area contributed by atoms with E-state index in [2.05, 4.69) is 36.0 Å². The summed E-state index contributed by atoms with van der Waals surface area (Å²) in [4.78, 5) is 4.73. The molecule has 1 heterocycles. The third-order valence-corrected chi connectivity index (χ3v) is 3.93. The fraction of sp³-hybridized carbons (Fsp3) is 0.571. The van der Waals surface area contributed by atoms with E-state index in [1.54, 1.807) is 0 Å². The topological polar surface area (TPSA) is 32.5 Å². The maximum absolute atomic E-state index is 6.13. The summed E-state index contributed by atoms with van der Waals surface area (Å²) in [6.07, 6.45) is 2.12. The summed E-state index contributed by atoms with van der Waals surface area (Å²) in [6.45, 7) is 2.85. The molecule has 3 nitrogen and oxygen atoms in total. The Balaban J connectivity index is 2.19. The maximum atomic E-state index is 6.13. The zero-order chi connectivity index (χ0) is 13.1. The van der Waals surface area contributed by atoms with E-state index in [1.807, 2.05) is 6.07 Å². The second-order valence-electron chi connectivity index (χ2n) is 5.16. The van der Waals surface area contributed by atoms with Crippen LogP contribution in [0, 0.1) is 0 Å². The van der Waals surface area contributed by atoms with E-state index in [9.17, 15) is 0 Å². The molecule has 4 heteroatoms. The predicted molar refractivity (Wildman–Crippen MR) is 78.5 cm³/mol. The molecular weight excluding hydrogens is 246 g/mol. The molecule has 100 valence electrons. The number of rotatable bonds is 4. The molecular formula is C14H22ClN3. The lowest BCUT2D eigenvalue weighted by Gasteiger charge is -2.24. The zero-order valence-electron chi connectivity index (χ0n) is 11.2. The third-order valence-electron chi connectivity index (χ3n) is 3.70. The fourth-order valence-corrected chi connectivity index (χ4v) is 2.75. The second-order valence-corrected chi connectivity index (χ2v) is 5.60. The summed E-state index contributed by atoms with van der Waals surface area (Å²) in [6, 6.07) is 6.77. The summed E-state index contributed by atoms with van der Waals surface area (Å²) in [5.74, 6) is 0. The van der Waals surface area contributed by atoms with Gasteiger partial charge in [-0.1, -0.05) is 17.7 Å². The summed E-state index contributed by atoms with van der Waals surface area (Å²) in [7, 11) is 4.29. The van der Waals surface area contributed by atoms with Gasteiger partial charge in [0.25, 0.3) is 0 Å². The molecule has 1 aromatic carbocycles. The van der Waals surface area contributed by atoms with Crippen LogP contribution in [0.1, 0.15) is 12.0 Å². The van der Waals surface area contributed by atoms with Gasteiger partial charge in [0.15, 0.2) is 0 Å². The summed E-state index contributed by atoms with van der Waals surface area (Å²) in [5.41, 5.74) is 8.25. The first-order valence-corrected chi connectivity index (χ1v) is 6.89. The molecule has 1 aliphatic heterocycles. The van der Waals surface area contributed by atoms with Crippen LogP contribution >= 0.6 is 11.6 Å². The molecule has 0 saturated carbocycles. The number of halogens is 1. The van der Waals surface area contributed by atoms with Crippen molar-refractivity contribution in [1.29, 1.82) is 0 Å². The minimum atomic E-state index is 0.634. The Hall–Kier alpha value is -0.770. The van der Waals surface area contributed by atoms with E-state index >= 15 is 0 Å². The Morgan fingerprint density at radius 1 is 1.44 bits per heavy atom. The number of anilines is 1. The lowest BCUT2D eigenvalue weighted by Crippen LogP contribution is -2.31. The van der Waals surface area contributed by atoms with E-state index < -0.39 is 0 Å². The van der Waals surface area contributed by atoms with Crippen molar-refractivity contribution in [2.24, 2.45) is 5.73 Å².